The molecule has 5 N–H and O–H groups in total. The first-order valence-electron chi connectivity index (χ1n) is 5.83. The molecule has 0 aliphatic heterocycles. The molecule has 0 aromatic carbocycles. The van der Waals surface area contributed by atoms with Crippen LogP contribution in [0, 0.1) is 10.8 Å². The molecule has 18 heavy (non-hydrogen) atoms. The van der Waals surface area contributed by atoms with Gasteiger partial charge in [-0.2, -0.15) is 8.42 Å². The molecule has 0 bridgehead atoms. The van der Waals surface area contributed by atoms with Gasteiger partial charge in [-0.25, -0.2) is 0 Å². The van der Waals surface area contributed by atoms with Crippen molar-refractivity contribution in [1.29, 1.82) is 0 Å². The smallest absolute Gasteiger partial charge is 0.261 e. The summed E-state index contributed by atoms with van der Waals surface area (Å²) in [5, 5.41) is 0. The van der Waals surface area contributed by atoms with Crippen LogP contribution in [0.1, 0.15) is 53.9 Å². The fourth-order valence-corrected chi connectivity index (χ4v) is 3.67. The summed E-state index contributed by atoms with van der Waals surface area (Å²) in [5.41, 5.74) is 7.12. The predicted octanol–water partition coefficient (Wildman–Crippen LogP) is 1.62. The standard InChI is InChI=1S/C11H23N.CH4O3S.H2O/c1-9(2)6-10(3,4)8-11(5,12)7-9;1-5(2,3)4;/h6-8,12H2,1-5H3;1H3,(H,2,3,4);1H2. The molecular formula is C12H29NO4S. The Hall–Kier alpha value is -0.170. The quantitative estimate of drug-likeness (QED) is 0.658. The Kier molecular flexibility index (Phi) is 6.56. The molecule has 0 saturated heterocycles. The van der Waals surface area contributed by atoms with Crippen LogP contribution in [0.3, 0.4) is 0 Å². The lowest BCUT2D eigenvalue weighted by molar-refractivity contribution is 0.0574. The second-order valence-corrected chi connectivity index (χ2v) is 8.71. The van der Waals surface area contributed by atoms with Crippen LogP contribution >= 0.6 is 0 Å². The van der Waals surface area contributed by atoms with Crippen LogP contribution in [0.5, 0.6) is 0 Å². The molecule has 1 saturated carbocycles. The van der Waals surface area contributed by atoms with Crippen molar-refractivity contribution < 1.29 is 18.4 Å². The summed E-state index contributed by atoms with van der Waals surface area (Å²) in [6.07, 6.45) is 4.33. The van der Waals surface area contributed by atoms with E-state index in [2.05, 4.69) is 34.6 Å². The SMILES string of the molecule is CC1(C)CC(C)(C)CC(C)(N)C1.CS(=O)(=O)O.O. The van der Waals surface area contributed by atoms with E-state index in [-0.39, 0.29) is 11.0 Å². The molecular weight excluding hydrogens is 254 g/mol. The molecule has 1 aliphatic carbocycles. The minimum atomic E-state index is -3.67. The first-order chi connectivity index (χ1) is 7.12. The van der Waals surface area contributed by atoms with Crippen LogP contribution < -0.4 is 5.73 Å². The van der Waals surface area contributed by atoms with Gasteiger partial charge >= 0.3 is 0 Å². The third kappa shape index (κ3) is 11.0. The molecule has 112 valence electrons. The van der Waals surface area contributed by atoms with Gasteiger partial charge in [0, 0.05) is 5.54 Å². The molecule has 6 heteroatoms. The van der Waals surface area contributed by atoms with Gasteiger partial charge in [0.05, 0.1) is 6.26 Å². The van der Waals surface area contributed by atoms with Gasteiger partial charge in [-0.3, -0.25) is 4.55 Å². The molecule has 0 atom stereocenters. The van der Waals surface area contributed by atoms with Crippen molar-refractivity contribution in [2.45, 2.75) is 59.4 Å². The largest absolute Gasteiger partial charge is 0.412 e. The van der Waals surface area contributed by atoms with Crippen molar-refractivity contribution >= 4 is 10.1 Å². The average molecular weight is 283 g/mol. The van der Waals surface area contributed by atoms with Crippen molar-refractivity contribution in [3.63, 3.8) is 0 Å². The second-order valence-electron chi connectivity index (χ2n) is 7.25. The molecule has 1 rings (SSSR count). The first kappa shape index (κ1) is 20.2. The number of hydrogen-bond donors (Lipinski definition) is 2. The van der Waals surface area contributed by atoms with Gasteiger partial charge < -0.3 is 11.2 Å². The van der Waals surface area contributed by atoms with Crippen LogP contribution in [0.25, 0.3) is 0 Å². The number of rotatable bonds is 0. The summed E-state index contributed by atoms with van der Waals surface area (Å²) in [6, 6.07) is 0. The van der Waals surface area contributed by atoms with E-state index in [4.69, 9.17) is 10.3 Å². The highest BCUT2D eigenvalue weighted by Crippen LogP contribution is 2.48. The van der Waals surface area contributed by atoms with Gasteiger partial charge in [0.2, 0.25) is 0 Å². The summed E-state index contributed by atoms with van der Waals surface area (Å²) < 4.78 is 25.9. The zero-order valence-electron chi connectivity index (χ0n) is 12.4. The summed E-state index contributed by atoms with van der Waals surface area (Å²) in [7, 11) is -3.67. The molecule has 0 aromatic heterocycles. The topological polar surface area (TPSA) is 112 Å². The van der Waals surface area contributed by atoms with Crippen LogP contribution in [0.2, 0.25) is 0 Å². The maximum Gasteiger partial charge on any atom is 0.261 e. The summed E-state index contributed by atoms with van der Waals surface area (Å²) in [5.74, 6) is 0. The summed E-state index contributed by atoms with van der Waals surface area (Å²) >= 11 is 0. The van der Waals surface area contributed by atoms with E-state index in [9.17, 15) is 8.42 Å². The summed E-state index contributed by atoms with van der Waals surface area (Å²) in [6.45, 7) is 11.5. The van der Waals surface area contributed by atoms with E-state index in [0.29, 0.717) is 17.1 Å². The molecule has 1 fully saturated rings. The highest BCUT2D eigenvalue weighted by molar-refractivity contribution is 7.85. The third-order valence-corrected chi connectivity index (χ3v) is 2.72. The third-order valence-electron chi connectivity index (χ3n) is 2.72. The highest BCUT2D eigenvalue weighted by Gasteiger charge is 2.42. The fourth-order valence-electron chi connectivity index (χ4n) is 3.67. The molecule has 0 spiro atoms. The molecule has 0 heterocycles. The first-order valence-corrected chi connectivity index (χ1v) is 7.68. The Balaban J connectivity index is 0. The fraction of sp³-hybridized carbons (Fsp3) is 1.00. The zero-order valence-corrected chi connectivity index (χ0v) is 13.2. The van der Waals surface area contributed by atoms with Gasteiger partial charge in [-0.15, -0.1) is 0 Å². The van der Waals surface area contributed by atoms with E-state index < -0.39 is 10.1 Å². The van der Waals surface area contributed by atoms with Crippen molar-refractivity contribution in [3.05, 3.63) is 0 Å². The molecule has 5 nitrogen and oxygen atoms in total. The summed E-state index contributed by atoms with van der Waals surface area (Å²) in [4.78, 5) is 0. The van der Waals surface area contributed by atoms with Crippen LogP contribution in [-0.4, -0.2) is 30.2 Å². The van der Waals surface area contributed by atoms with Crippen molar-refractivity contribution in [3.8, 4) is 0 Å². The van der Waals surface area contributed by atoms with Crippen molar-refractivity contribution in [2.24, 2.45) is 16.6 Å². The lowest BCUT2D eigenvalue weighted by Crippen LogP contribution is -2.49. The van der Waals surface area contributed by atoms with Crippen LogP contribution in [-0.2, 0) is 10.1 Å². The Bertz CT molecular complexity index is 305. The lowest BCUT2D eigenvalue weighted by Gasteiger charge is -2.49. The maximum absolute atomic E-state index is 9.19. The van der Waals surface area contributed by atoms with Crippen molar-refractivity contribution in [2.75, 3.05) is 6.26 Å². The monoisotopic (exact) mass is 283 g/mol. The van der Waals surface area contributed by atoms with Crippen LogP contribution in [0.15, 0.2) is 0 Å². The Labute approximate surface area is 111 Å². The van der Waals surface area contributed by atoms with Crippen molar-refractivity contribution in [1.82, 2.24) is 0 Å². The Morgan fingerprint density at radius 1 is 0.944 bits per heavy atom. The molecule has 0 amide bonds. The van der Waals surface area contributed by atoms with E-state index in [1.54, 1.807) is 0 Å². The van der Waals surface area contributed by atoms with E-state index >= 15 is 0 Å². The normalized spacial score (nSPS) is 24.2. The van der Waals surface area contributed by atoms with E-state index in [1.807, 2.05) is 0 Å². The van der Waals surface area contributed by atoms with Gasteiger partial charge in [0.15, 0.2) is 0 Å². The van der Waals surface area contributed by atoms with Crippen LogP contribution in [0.4, 0.5) is 0 Å². The predicted molar refractivity (Wildman–Crippen MR) is 75.1 cm³/mol. The minimum absolute atomic E-state index is 0. The average Bonchev–Trinajstić information content (AvgIpc) is 1.65. The number of hydrogen-bond acceptors (Lipinski definition) is 3. The zero-order chi connectivity index (χ0) is 14.1. The number of nitrogens with two attached hydrogens (primary N) is 1. The Morgan fingerprint density at radius 3 is 1.33 bits per heavy atom. The van der Waals surface area contributed by atoms with Gasteiger partial charge in [-0.1, -0.05) is 27.7 Å². The maximum atomic E-state index is 9.19. The second kappa shape index (κ2) is 5.86. The highest BCUT2D eigenvalue weighted by atomic mass is 32.2. The van der Waals surface area contributed by atoms with E-state index in [1.165, 1.54) is 6.42 Å². The molecule has 1 aliphatic rings. The van der Waals surface area contributed by atoms with E-state index in [0.717, 1.165) is 12.8 Å². The minimum Gasteiger partial charge on any atom is -0.412 e. The lowest BCUT2D eigenvalue weighted by atomic mass is 9.59. The van der Waals surface area contributed by atoms with Gasteiger partial charge in [0.25, 0.3) is 10.1 Å². The van der Waals surface area contributed by atoms with Gasteiger partial charge in [0.1, 0.15) is 0 Å². The Morgan fingerprint density at radius 2 is 1.17 bits per heavy atom. The molecule has 0 radical (unpaired) electrons. The van der Waals surface area contributed by atoms with Gasteiger partial charge in [-0.05, 0) is 37.0 Å². The molecule has 0 aromatic rings. The molecule has 0 unspecified atom stereocenters.